The van der Waals surface area contributed by atoms with Crippen LogP contribution in [-0.2, 0) is 6.42 Å². The van der Waals surface area contributed by atoms with Crippen molar-refractivity contribution in [2.45, 2.75) is 26.3 Å². The number of thiazole rings is 1. The Bertz CT molecular complexity index is 649. The molecule has 1 atom stereocenters. The molecule has 0 aliphatic heterocycles. The Morgan fingerprint density at radius 2 is 2.05 bits per heavy atom. The molecule has 0 saturated heterocycles. The number of hydrogen-bond acceptors (Lipinski definition) is 4. The Kier molecular flexibility index (Phi) is 5.08. The van der Waals surface area contributed by atoms with Gasteiger partial charge in [-0.2, -0.15) is 0 Å². The Morgan fingerprint density at radius 1 is 1.43 bits per heavy atom. The number of hydrogen-bond donors (Lipinski definition) is 2. The molecule has 0 radical (unpaired) electrons. The summed E-state index contributed by atoms with van der Waals surface area (Å²) in [6.07, 6.45) is 2.76. The van der Waals surface area contributed by atoms with Crippen LogP contribution in [0.15, 0.2) is 18.3 Å². The van der Waals surface area contributed by atoms with E-state index in [1.54, 1.807) is 11.3 Å². The zero-order chi connectivity index (χ0) is 15.6. The maximum absolute atomic E-state index is 12.2. The number of aromatic nitrogens is 1. The van der Waals surface area contributed by atoms with Crippen LogP contribution in [0.3, 0.4) is 0 Å². The monoisotopic (exact) mass is 343 g/mol. The van der Waals surface area contributed by atoms with Crippen molar-refractivity contribution < 1.29 is 4.79 Å². The molecule has 21 heavy (non-hydrogen) atoms. The highest BCUT2D eigenvalue weighted by molar-refractivity contribution is 7.11. The lowest BCUT2D eigenvalue weighted by Crippen LogP contribution is -2.26. The molecule has 1 amide bonds. The van der Waals surface area contributed by atoms with E-state index < -0.39 is 0 Å². The quantitative estimate of drug-likeness (QED) is 0.821. The number of anilines is 1. The lowest BCUT2D eigenvalue weighted by atomic mass is 10.2. The normalized spacial score (nSPS) is 12.2. The van der Waals surface area contributed by atoms with Crippen LogP contribution in [0.2, 0.25) is 10.0 Å². The van der Waals surface area contributed by atoms with E-state index in [2.05, 4.69) is 17.2 Å². The summed E-state index contributed by atoms with van der Waals surface area (Å²) < 4.78 is 0. The molecular formula is C14H15Cl2N3OS. The summed E-state index contributed by atoms with van der Waals surface area (Å²) >= 11 is 13.5. The van der Waals surface area contributed by atoms with Gasteiger partial charge in [-0.1, -0.05) is 30.1 Å². The zero-order valence-corrected chi connectivity index (χ0v) is 13.9. The fourth-order valence-corrected chi connectivity index (χ4v) is 3.09. The minimum absolute atomic E-state index is 0.182. The molecule has 4 nitrogen and oxygen atoms in total. The first-order valence-corrected chi connectivity index (χ1v) is 7.99. The first kappa shape index (κ1) is 16.1. The Morgan fingerprint density at radius 3 is 2.57 bits per heavy atom. The van der Waals surface area contributed by atoms with Gasteiger partial charge in [-0.3, -0.25) is 4.79 Å². The minimum atomic E-state index is -0.264. The highest BCUT2D eigenvalue weighted by Gasteiger charge is 2.16. The van der Waals surface area contributed by atoms with E-state index in [4.69, 9.17) is 28.9 Å². The van der Waals surface area contributed by atoms with E-state index in [0.29, 0.717) is 5.56 Å². The number of benzene rings is 1. The molecule has 1 aromatic heterocycles. The largest absolute Gasteiger partial charge is 0.396 e. The molecule has 0 spiro atoms. The highest BCUT2D eigenvalue weighted by Crippen LogP contribution is 2.29. The number of carbonyl (C=O) groups is 1. The predicted octanol–water partition coefficient (Wildman–Crippen LogP) is 4.09. The summed E-state index contributed by atoms with van der Waals surface area (Å²) in [5.41, 5.74) is 6.30. The fraction of sp³-hybridized carbons (Fsp3) is 0.286. The van der Waals surface area contributed by atoms with Crippen molar-refractivity contribution in [2.24, 2.45) is 0 Å². The van der Waals surface area contributed by atoms with Gasteiger partial charge in [0.1, 0.15) is 5.01 Å². The molecule has 3 N–H and O–H groups in total. The van der Waals surface area contributed by atoms with Gasteiger partial charge in [0.25, 0.3) is 5.91 Å². The Hall–Kier alpha value is -1.30. The summed E-state index contributed by atoms with van der Waals surface area (Å²) in [7, 11) is 0. The van der Waals surface area contributed by atoms with E-state index in [-0.39, 0.29) is 27.7 Å². The molecule has 7 heteroatoms. The summed E-state index contributed by atoms with van der Waals surface area (Å²) in [6.45, 7) is 3.95. The number of nitrogen functional groups attached to an aromatic ring is 1. The standard InChI is InChI=1S/C14H15Cl2N3OS/c1-3-9-6-18-14(21-9)7(2)19-13(20)8-4-10(15)12(17)11(16)5-8/h4-7H,3,17H2,1-2H3,(H,19,20). The maximum Gasteiger partial charge on any atom is 0.251 e. The van der Waals surface area contributed by atoms with Gasteiger partial charge in [-0.25, -0.2) is 4.98 Å². The molecule has 0 saturated carbocycles. The lowest BCUT2D eigenvalue weighted by molar-refractivity contribution is 0.0940. The van der Waals surface area contributed by atoms with Gasteiger partial charge in [-0.15, -0.1) is 11.3 Å². The van der Waals surface area contributed by atoms with Crippen molar-refractivity contribution in [2.75, 3.05) is 5.73 Å². The highest BCUT2D eigenvalue weighted by atomic mass is 35.5. The van der Waals surface area contributed by atoms with Crippen molar-refractivity contribution >= 4 is 46.1 Å². The molecule has 1 unspecified atom stereocenters. The van der Waals surface area contributed by atoms with E-state index >= 15 is 0 Å². The van der Waals surface area contributed by atoms with Crippen molar-refractivity contribution in [3.63, 3.8) is 0 Å². The first-order valence-electron chi connectivity index (χ1n) is 6.42. The summed E-state index contributed by atoms with van der Waals surface area (Å²) in [5.74, 6) is -0.264. The van der Waals surface area contributed by atoms with Crippen LogP contribution in [0.4, 0.5) is 5.69 Å². The number of aryl methyl sites for hydroxylation is 1. The van der Waals surface area contributed by atoms with Crippen LogP contribution in [0.25, 0.3) is 0 Å². The third-order valence-corrected chi connectivity index (χ3v) is 4.93. The van der Waals surface area contributed by atoms with Crippen molar-refractivity contribution in [1.29, 1.82) is 0 Å². The summed E-state index contributed by atoms with van der Waals surface area (Å²) in [5, 5.41) is 4.28. The first-order chi connectivity index (χ1) is 9.92. The Balaban J connectivity index is 2.14. The van der Waals surface area contributed by atoms with Gasteiger partial charge >= 0.3 is 0 Å². The number of halogens is 2. The number of nitrogens with two attached hydrogens (primary N) is 1. The smallest absolute Gasteiger partial charge is 0.251 e. The molecule has 1 aromatic carbocycles. The maximum atomic E-state index is 12.2. The number of carbonyl (C=O) groups excluding carboxylic acids is 1. The molecule has 0 bridgehead atoms. The second-order valence-corrected chi connectivity index (χ2v) is 6.53. The van der Waals surface area contributed by atoms with Gasteiger partial charge < -0.3 is 11.1 Å². The topological polar surface area (TPSA) is 68.0 Å². The van der Waals surface area contributed by atoms with Crippen LogP contribution in [0, 0.1) is 0 Å². The number of nitrogens with one attached hydrogen (secondary N) is 1. The van der Waals surface area contributed by atoms with Gasteiger partial charge in [0, 0.05) is 16.6 Å². The molecule has 0 fully saturated rings. The van der Waals surface area contributed by atoms with Crippen LogP contribution in [-0.4, -0.2) is 10.9 Å². The fourth-order valence-electron chi connectivity index (χ4n) is 1.74. The molecular weight excluding hydrogens is 329 g/mol. The summed E-state index contributed by atoms with van der Waals surface area (Å²) in [4.78, 5) is 17.7. The third kappa shape index (κ3) is 3.67. The number of amides is 1. The molecule has 112 valence electrons. The van der Waals surface area contributed by atoms with Crippen LogP contribution < -0.4 is 11.1 Å². The number of nitrogens with zero attached hydrogens (tertiary/aromatic N) is 1. The average Bonchev–Trinajstić information content (AvgIpc) is 2.93. The van der Waals surface area contributed by atoms with E-state index in [1.165, 1.54) is 17.0 Å². The minimum Gasteiger partial charge on any atom is -0.396 e. The molecule has 2 aromatic rings. The van der Waals surface area contributed by atoms with Crippen LogP contribution >= 0.6 is 34.5 Å². The predicted molar refractivity (Wildman–Crippen MR) is 88.2 cm³/mol. The van der Waals surface area contributed by atoms with Gasteiger partial charge in [0.15, 0.2) is 0 Å². The Labute approximate surface area is 137 Å². The van der Waals surface area contributed by atoms with Crippen molar-refractivity contribution in [3.8, 4) is 0 Å². The average molecular weight is 344 g/mol. The van der Waals surface area contributed by atoms with Crippen molar-refractivity contribution in [3.05, 3.63) is 43.8 Å². The second-order valence-electron chi connectivity index (χ2n) is 4.57. The second kappa shape index (κ2) is 6.64. The van der Waals surface area contributed by atoms with Crippen molar-refractivity contribution in [1.82, 2.24) is 10.3 Å². The molecule has 1 heterocycles. The van der Waals surface area contributed by atoms with Gasteiger partial charge in [0.05, 0.1) is 21.8 Å². The van der Waals surface area contributed by atoms with Gasteiger partial charge in [-0.05, 0) is 25.5 Å². The molecule has 0 aliphatic carbocycles. The van der Waals surface area contributed by atoms with Crippen LogP contribution in [0.5, 0.6) is 0 Å². The SMILES string of the molecule is CCc1cnc(C(C)NC(=O)c2cc(Cl)c(N)c(Cl)c2)s1. The third-order valence-electron chi connectivity index (χ3n) is 2.98. The van der Waals surface area contributed by atoms with Gasteiger partial charge in [0.2, 0.25) is 0 Å². The molecule has 0 aliphatic rings. The van der Waals surface area contributed by atoms with E-state index in [9.17, 15) is 4.79 Å². The molecule has 2 rings (SSSR count). The van der Waals surface area contributed by atoms with Crippen LogP contribution in [0.1, 0.15) is 40.1 Å². The van der Waals surface area contributed by atoms with E-state index in [1.807, 2.05) is 13.1 Å². The summed E-state index contributed by atoms with van der Waals surface area (Å²) in [6, 6.07) is 2.83. The number of rotatable bonds is 4. The lowest BCUT2D eigenvalue weighted by Gasteiger charge is -2.12. The van der Waals surface area contributed by atoms with E-state index in [0.717, 1.165) is 11.4 Å². The zero-order valence-electron chi connectivity index (χ0n) is 11.6.